The van der Waals surface area contributed by atoms with Crippen molar-refractivity contribution in [2.45, 2.75) is 30.7 Å². The van der Waals surface area contributed by atoms with Crippen molar-refractivity contribution < 1.29 is 33.7 Å². The first-order valence-corrected chi connectivity index (χ1v) is 8.41. The Bertz CT molecular complexity index is 617. The van der Waals surface area contributed by atoms with Crippen molar-refractivity contribution in [2.75, 3.05) is 13.2 Å². The molecule has 0 unspecified atom stereocenters. The van der Waals surface area contributed by atoms with E-state index in [9.17, 15) is 19.5 Å². The predicted octanol–water partition coefficient (Wildman–Crippen LogP) is 1.11. The summed E-state index contributed by atoms with van der Waals surface area (Å²) in [6, 6.07) is 0. The number of aliphatic hydroxyl groups is 1. The molecule has 0 radical (unpaired) electrons. The van der Waals surface area contributed by atoms with Gasteiger partial charge in [-0.25, -0.2) is 4.79 Å². The summed E-state index contributed by atoms with van der Waals surface area (Å²) < 4.78 is 15.2. The lowest BCUT2D eigenvalue weighted by Crippen LogP contribution is -2.58. The highest BCUT2D eigenvalue weighted by Gasteiger charge is 2.55. The summed E-state index contributed by atoms with van der Waals surface area (Å²) in [5.41, 5.74) is 0. The van der Waals surface area contributed by atoms with Gasteiger partial charge in [0.2, 0.25) is 11.8 Å². The van der Waals surface area contributed by atoms with E-state index in [1.807, 2.05) is 0 Å². The zero-order valence-electron chi connectivity index (χ0n) is 12.8. The number of aliphatic hydroxyl groups excluding tert-OH is 1. The molecular weight excluding hydrogens is 338 g/mol. The molecule has 3 heterocycles. The van der Waals surface area contributed by atoms with E-state index in [1.54, 1.807) is 0 Å². The number of esters is 1. The molecule has 1 N–H and O–H groups in total. The van der Waals surface area contributed by atoms with Gasteiger partial charge >= 0.3 is 12.1 Å². The van der Waals surface area contributed by atoms with E-state index < -0.39 is 12.1 Å². The van der Waals surface area contributed by atoms with Crippen molar-refractivity contribution in [3.05, 3.63) is 23.4 Å². The number of carbonyl (C=O) groups is 3. The number of amides is 1. The van der Waals surface area contributed by atoms with E-state index >= 15 is 0 Å². The molecule has 0 bridgehead atoms. The highest BCUT2D eigenvalue weighted by molar-refractivity contribution is 8.04. The fourth-order valence-corrected chi connectivity index (χ4v) is 4.27. The van der Waals surface area contributed by atoms with Crippen LogP contribution in [0.5, 0.6) is 0 Å². The van der Waals surface area contributed by atoms with Crippen molar-refractivity contribution in [2.24, 2.45) is 5.92 Å². The minimum absolute atomic E-state index is 0.00846. The van der Waals surface area contributed by atoms with E-state index in [0.717, 1.165) is 0 Å². The van der Waals surface area contributed by atoms with Crippen LogP contribution in [-0.2, 0) is 23.8 Å². The predicted molar refractivity (Wildman–Crippen MR) is 82.2 cm³/mol. The Morgan fingerprint density at radius 3 is 2.92 bits per heavy atom. The maximum atomic E-state index is 12.1. The van der Waals surface area contributed by atoms with Crippen LogP contribution < -0.4 is 0 Å². The third kappa shape index (κ3) is 3.01. The van der Waals surface area contributed by atoms with Gasteiger partial charge in [0.05, 0.1) is 17.4 Å². The van der Waals surface area contributed by atoms with E-state index in [-0.39, 0.29) is 42.5 Å². The molecule has 24 heavy (non-hydrogen) atoms. The quantitative estimate of drug-likeness (QED) is 0.429. The molecule has 3 aliphatic rings. The van der Waals surface area contributed by atoms with Gasteiger partial charge in [0.15, 0.2) is 0 Å². The summed E-state index contributed by atoms with van der Waals surface area (Å²) in [7, 11) is 0. The molecule has 8 nitrogen and oxygen atoms in total. The van der Waals surface area contributed by atoms with Crippen LogP contribution in [0.1, 0.15) is 19.3 Å². The zero-order chi connectivity index (χ0) is 17.3. The lowest BCUT2D eigenvalue weighted by molar-refractivity contribution is -0.152. The minimum atomic E-state index is -0.938. The maximum absolute atomic E-state index is 12.1. The number of nitrogens with zero attached hydrogens (tertiary/aromatic N) is 1. The molecule has 9 heteroatoms. The second-order valence-corrected chi connectivity index (χ2v) is 6.75. The number of ether oxygens (including phenoxy) is 3. The molecule has 2 saturated heterocycles. The molecule has 0 aliphatic carbocycles. The summed E-state index contributed by atoms with van der Waals surface area (Å²) in [5, 5.41) is 8.99. The van der Waals surface area contributed by atoms with Gasteiger partial charge in [0.1, 0.15) is 18.1 Å². The Kier molecular flexibility index (Phi) is 4.81. The number of hydrogen-bond donors (Lipinski definition) is 1. The molecule has 3 rings (SSSR count). The Labute approximate surface area is 142 Å². The van der Waals surface area contributed by atoms with Crippen LogP contribution in [0, 0.1) is 5.92 Å². The molecule has 0 aromatic rings. The normalized spacial score (nSPS) is 28.4. The van der Waals surface area contributed by atoms with Gasteiger partial charge < -0.3 is 19.3 Å². The van der Waals surface area contributed by atoms with Crippen molar-refractivity contribution >= 4 is 29.8 Å². The van der Waals surface area contributed by atoms with Crippen molar-refractivity contribution in [3.63, 3.8) is 0 Å². The standard InChI is InChI=1S/C15H17NO7S/c1-2-5-21-15(20)23-13-10(6-8-3-4-11(18)22-8)24-14-9(7-17)12(19)16(13)14/h2,8-9,14,17H,1,3-7H2/t8-,9+,14-/m1/s1. The summed E-state index contributed by atoms with van der Waals surface area (Å²) in [4.78, 5) is 37.0. The molecule has 130 valence electrons. The fourth-order valence-electron chi connectivity index (χ4n) is 2.78. The lowest BCUT2D eigenvalue weighted by Gasteiger charge is -2.40. The molecule has 1 amide bonds. The van der Waals surface area contributed by atoms with Crippen LogP contribution in [0.4, 0.5) is 4.79 Å². The van der Waals surface area contributed by atoms with Gasteiger partial charge in [-0.05, 0) is 6.42 Å². The lowest BCUT2D eigenvalue weighted by atomic mass is 10.00. The molecule has 3 atom stereocenters. The van der Waals surface area contributed by atoms with Crippen LogP contribution in [0.3, 0.4) is 0 Å². The van der Waals surface area contributed by atoms with Gasteiger partial charge in [-0.3, -0.25) is 14.5 Å². The average Bonchev–Trinajstić information content (AvgIpc) is 3.08. The smallest absolute Gasteiger partial charge is 0.462 e. The first kappa shape index (κ1) is 16.8. The minimum Gasteiger partial charge on any atom is -0.462 e. The van der Waals surface area contributed by atoms with E-state index in [1.165, 1.54) is 22.7 Å². The first-order chi connectivity index (χ1) is 11.5. The molecule has 3 aliphatic heterocycles. The molecule has 0 aromatic carbocycles. The molecule has 2 fully saturated rings. The number of hydrogen-bond acceptors (Lipinski definition) is 8. The SMILES string of the molecule is C=CCOC(=O)OC1=C(C[C@H]2CCC(=O)O2)S[C@@H]2[C@@H](CO)C(=O)N12. The van der Waals surface area contributed by atoms with Crippen LogP contribution in [0.15, 0.2) is 23.4 Å². The zero-order valence-corrected chi connectivity index (χ0v) is 13.6. The molecule has 0 aromatic heterocycles. The molecular formula is C15H17NO7S. The number of rotatable bonds is 6. The Hall–Kier alpha value is -2.00. The fraction of sp³-hybridized carbons (Fsp3) is 0.533. The molecule has 0 spiro atoms. The summed E-state index contributed by atoms with van der Waals surface area (Å²) in [6.45, 7) is 3.16. The highest BCUT2D eigenvalue weighted by atomic mass is 32.2. The first-order valence-electron chi connectivity index (χ1n) is 7.54. The summed E-state index contributed by atoms with van der Waals surface area (Å²) in [5.74, 6) is -0.984. The third-order valence-electron chi connectivity index (χ3n) is 3.95. The second kappa shape index (κ2) is 6.86. The topological polar surface area (TPSA) is 102 Å². The van der Waals surface area contributed by atoms with Gasteiger partial charge in [0.25, 0.3) is 0 Å². The van der Waals surface area contributed by atoms with E-state index in [0.29, 0.717) is 24.2 Å². The van der Waals surface area contributed by atoms with Crippen molar-refractivity contribution in [1.82, 2.24) is 4.90 Å². The molecule has 0 saturated carbocycles. The maximum Gasteiger partial charge on any atom is 0.515 e. The third-order valence-corrected chi connectivity index (χ3v) is 5.36. The number of fused-ring (bicyclic) bond motifs is 1. The van der Waals surface area contributed by atoms with Crippen LogP contribution in [0.2, 0.25) is 0 Å². The van der Waals surface area contributed by atoms with Gasteiger partial charge in [-0.1, -0.05) is 24.4 Å². The van der Waals surface area contributed by atoms with Crippen LogP contribution in [0.25, 0.3) is 0 Å². The Morgan fingerprint density at radius 1 is 1.50 bits per heavy atom. The van der Waals surface area contributed by atoms with Crippen LogP contribution in [-0.4, -0.2) is 52.7 Å². The highest BCUT2D eigenvalue weighted by Crippen LogP contribution is 2.51. The Balaban J connectivity index is 1.75. The van der Waals surface area contributed by atoms with Crippen molar-refractivity contribution in [3.8, 4) is 0 Å². The Morgan fingerprint density at radius 2 is 2.29 bits per heavy atom. The van der Waals surface area contributed by atoms with Gasteiger partial charge in [-0.2, -0.15) is 0 Å². The number of thioether (sulfide) groups is 1. The average molecular weight is 355 g/mol. The van der Waals surface area contributed by atoms with Gasteiger partial charge in [-0.15, -0.1) is 0 Å². The monoisotopic (exact) mass is 355 g/mol. The number of carbonyl (C=O) groups excluding carboxylic acids is 3. The number of β-lactam (4-membered cyclic amide) rings is 1. The van der Waals surface area contributed by atoms with E-state index in [2.05, 4.69) is 6.58 Å². The van der Waals surface area contributed by atoms with E-state index in [4.69, 9.17) is 14.2 Å². The van der Waals surface area contributed by atoms with Crippen LogP contribution >= 0.6 is 11.8 Å². The second-order valence-electron chi connectivity index (χ2n) is 5.54. The summed E-state index contributed by atoms with van der Waals surface area (Å²) in [6.07, 6.45) is 1.46. The van der Waals surface area contributed by atoms with Crippen molar-refractivity contribution in [1.29, 1.82) is 0 Å². The van der Waals surface area contributed by atoms with Gasteiger partial charge in [0, 0.05) is 12.8 Å². The largest absolute Gasteiger partial charge is 0.515 e. The summed E-state index contributed by atoms with van der Waals surface area (Å²) >= 11 is 1.34. The number of cyclic esters (lactones) is 1.